The van der Waals surface area contributed by atoms with E-state index in [2.05, 4.69) is 9.97 Å². The quantitative estimate of drug-likeness (QED) is 0.887. The Bertz CT molecular complexity index is 513. The van der Waals surface area contributed by atoms with E-state index in [0.29, 0.717) is 18.4 Å². The van der Waals surface area contributed by atoms with Gasteiger partial charge >= 0.3 is 0 Å². The predicted octanol–water partition coefficient (Wildman–Crippen LogP) is 1.71. The Morgan fingerprint density at radius 3 is 2.56 bits per heavy atom. The minimum atomic E-state index is 0.541. The van der Waals surface area contributed by atoms with Gasteiger partial charge in [0.25, 0.3) is 0 Å². The molecule has 0 bridgehead atoms. The number of anilines is 2. The molecule has 0 aliphatic heterocycles. The number of hydrogen-bond acceptors (Lipinski definition) is 5. The van der Waals surface area contributed by atoms with Crippen LogP contribution < -0.4 is 15.4 Å². The third-order valence-corrected chi connectivity index (χ3v) is 2.69. The summed E-state index contributed by atoms with van der Waals surface area (Å²) in [7, 11) is 3.49. The lowest BCUT2D eigenvalue weighted by Crippen LogP contribution is -2.13. The summed E-state index contributed by atoms with van der Waals surface area (Å²) in [4.78, 5) is 10.4. The molecule has 0 saturated heterocycles. The molecule has 2 aromatic rings. The summed E-state index contributed by atoms with van der Waals surface area (Å²) >= 11 is 0. The van der Waals surface area contributed by atoms with Crippen LogP contribution in [0.4, 0.5) is 11.6 Å². The van der Waals surface area contributed by atoms with Crippen LogP contribution in [0.25, 0.3) is 0 Å². The first-order chi connectivity index (χ1) is 8.74. The number of rotatable bonds is 4. The van der Waals surface area contributed by atoms with Crippen molar-refractivity contribution in [2.24, 2.45) is 5.73 Å². The van der Waals surface area contributed by atoms with E-state index in [1.807, 2.05) is 36.2 Å². The highest BCUT2D eigenvalue weighted by atomic mass is 16.5. The van der Waals surface area contributed by atoms with Gasteiger partial charge in [0.15, 0.2) is 0 Å². The van der Waals surface area contributed by atoms with E-state index in [-0.39, 0.29) is 0 Å². The fraction of sp³-hybridized carbons (Fsp3) is 0.231. The van der Waals surface area contributed by atoms with Gasteiger partial charge < -0.3 is 15.4 Å². The third kappa shape index (κ3) is 2.57. The zero-order valence-corrected chi connectivity index (χ0v) is 10.5. The van der Waals surface area contributed by atoms with Crippen LogP contribution in [-0.4, -0.2) is 24.1 Å². The molecule has 1 aromatic carbocycles. The van der Waals surface area contributed by atoms with E-state index in [4.69, 9.17) is 10.5 Å². The lowest BCUT2D eigenvalue weighted by Gasteiger charge is -2.17. The largest absolute Gasteiger partial charge is 0.481 e. The molecule has 0 amide bonds. The zero-order chi connectivity index (χ0) is 13.0. The number of hydrogen-bond donors (Lipinski definition) is 1. The third-order valence-electron chi connectivity index (χ3n) is 2.69. The topological polar surface area (TPSA) is 64.3 Å². The van der Waals surface area contributed by atoms with E-state index in [9.17, 15) is 0 Å². The number of nitrogens with zero attached hydrogens (tertiary/aromatic N) is 3. The fourth-order valence-corrected chi connectivity index (χ4v) is 1.58. The van der Waals surface area contributed by atoms with Gasteiger partial charge in [-0.2, -0.15) is 4.98 Å². The average Bonchev–Trinajstić information content (AvgIpc) is 2.46. The van der Waals surface area contributed by atoms with Gasteiger partial charge in [-0.15, -0.1) is 0 Å². The Balaban J connectivity index is 2.25. The monoisotopic (exact) mass is 244 g/mol. The molecule has 0 saturated carbocycles. The molecule has 94 valence electrons. The summed E-state index contributed by atoms with van der Waals surface area (Å²) in [5, 5.41) is 0. The van der Waals surface area contributed by atoms with Gasteiger partial charge in [0.2, 0.25) is 11.8 Å². The van der Waals surface area contributed by atoms with Crippen molar-refractivity contribution in [3.8, 4) is 5.88 Å². The van der Waals surface area contributed by atoms with Crippen molar-refractivity contribution in [3.05, 3.63) is 42.1 Å². The molecule has 0 aliphatic rings. The molecule has 1 aromatic heterocycles. The summed E-state index contributed by atoms with van der Waals surface area (Å²) in [6.45, 7) is 0.541. The molecular weight excluding hydrogens is 228 g/mol. The summed E-state index contributed by atoms with van der Waals surface area (Å²) in [6.07, 6.45) is 1.67. The molecule has 5 nitrogen and oxygen atoms in total. The van der Waals surface area contributed by atoms with Crippen LogP contribution in [0.3, 0.4) is 0 Å². The van der Waals surface area contributed by atoms with Crippen LogP contribution in [0, 0.1) is 0 Å². The van der Waals surface area contributed by atoms with Crippen molar-refractivity contribution < 1.29 is 4.74 Å². The summed E-state index contributed by atoms with van der Waals surface area (Å²) in [6, 6.07) is 9.68. The molecule has 0 spiro atoms. The number of ether oxygens (including phenoxy) is 1. The molecule has 18 heavy (non-hydrogen) atoms. The van der Waals surface area contributed by atoms with Gasteiger partial charge in [0.1, 0.15) is 0 Å². The van der Waals surface area contributed by atoms with E-state index in [1.165, 1.54) is 0 Å². The maximum absolute atomic E-state index is 5.57. The summed E-state index contributed by atoms with van der Waals surface area (Å²) < 4.78 is 5.08. The van der Waals surface area contributed by atoms with Crippen molar-refractivity contribution in [2.75, 3.05) is 19.1 Å². The van der Waals surface area contributed by atoms with Crippen molar-refractivity contribution in [1.29, 1.82) is 0 Å². The molecule has 0 radical (unpaired) electrons. The highest BCUT2D eigenvalue weighted by molar-refractivity contribution is 5.56. The molecule has 2 rings (SSSR count). The normalized spacial score (nSPS) is 10.2. The second kappa shape index (κ2) is 5.46. The highest BCUT2D eigenvalue weighted by Gasteiger charge is 2.07. The summed E-state index contributed by atoms with van der Waals surface area (Å²) in [5.41, 5.74) is 7.67. The zero-order valence-electron chi connectivity index (χ0n) is 10.5. The SMILES string of the molecule is COc1ccnc(N(C)c2ccc(CN)cc2)n1. The number of nitrogens with two attached hydrogens (primary N) is 1. The van der Waals surface area contributed by atoms with Crippen LogP contribution in [0.2, 0.25) is 0 Å². The van der Waals surface area contributed by atoms with E-state index in [0.717, 1.165) is 11.3 Å². The number of aromatic nitrogens is 2. The number of benzene rings is 1. The van der Waals surface area contributed by atoms with Gasteiger partial charge in [-0.25, -0.2) is 4.98 Å². The lowest BCUT2D eigenvalue weighted by atomic mass is 10.2. The molecule has 0 fully saturated rings. The first-order valence-electron chi connectivity index (χ1n) is 5.64. The molecule has 1 heterocycles. The molecule has 2 N–H and O–H groups in total. The van der Waals surface area contributed by atoms with Crippen LogP contribution in [0.1, 0.15) is 5.56 Å². The van der Waals surface area contributed by atoms with Crippen LogP contribution in [0.15, 0.2) is 36.5 Å². The Labute approximate surface area is 106 Å². The van der Waals surface area contributed by atoms with Crippen LogP contribution >= 0.6 is 0 Å². The molecule has 0 aliphatic carbocycles. The maximum Gasteiger partial charge on any atom is 0.232 e. The predicted molar refractivity (Wildman–Crippen MR) is 71.0 cm³/mol. The first-order valence-corrected chi connectivity index (χ1v) is 5.64. The molecule has 0 unspecified atom stereocenters. The standard InChI is InChI=1S/C13H16N4O/c1-17(11-5-3-10(9-14)4-6-11)13-15-8-7-12(16-13)18-2/h3-8H,9,14H2,1-2H3. The van der Waals surface area contributed by atoms with E-state index < -0.39 is 0 Å². The molecule has 5 heteroatoms. The molecule has 0 atom stereocenters. The van der Waals surface area contributed by atoms with Crippen LogP contribution in [0.5, 0.6) is 5.88 Å². The van der Waals surface area contributed by atoms with Crippen molar-refractivity contribution in [2.45, 2.75) is 6.54 Å². The van der Waals surface area contributed by atoms with Crippen molar-refractivity contribution in [3.63, 3.8) is 0 Å². The minimum absolute atomic E-state index is 0.541. The second-order valence-electron chi connectivity index (χ2n) is 3.83. The van der Waals surface area contributed by atoms with E-state index in [1.54, 1.807) is 19.4 Å². The Morgan fingerprint density at radius 2 is 1.94 bits per heavy atom. The van der Waals surface area contributed by atoms with Gasteiger partial charge in [0.05, 0.1) is 7.11 Å². The lowest BCUT2D eigenvalue weighted by molar-refractivity contribution is 0.397. The molecular formula is C13H16N4O. The van der Waals surface area contributed by atoms with Crippen molar-refractivity contribution >= 4 is 11.6 Å². The maximum atomic E-state index is 5.57. The van der Waals surface area contributed by atoms with Crippen molar-refractivity contribution in [1.82, 2.24) is 9.97 Å². The Hall–Kier alpha value is -2.14. The fourth-order valence-electron chi connectivity index (χ4n) is 1.58. The Kier molecular flexibility index (Phi) is 3.74. The highest BCUT2D eigenvalue weighted by Crippen LogP contribution is 2.21. The second-order valence-corrected chi connectivity index (χ2v) is 3.83. The first kappa shape index (κ1) is 12.3. The minimum Gasteiger partial charge on any atom is -0.481 e. The van der Waals surface area contributed by atoms with Gasteiger partial charge in [-0.1, -0.05) is 12.1 Å². The van der Waals surface area contributed by atoms with Gasteiger partial charge in [0, 0.05) is 31.5 Å². The smallest absolute Gasteiger partial charge is 0.232 e. The van der Waals surface area contributed by atoms with E-state index >= 15 is 0 Å². The summed E-state index contributed by atoms with van der Waals surface area (Å²) in [5.74, 6) is 1.14. The Morgan fingerprint density at radius 1 is 1.22 bits per heavy atom. The number of methoxy groups -OCH3 is 1. The van der Waals surface area contributed by atoms with Crippen LogP contribution in [-0.2, 0) is 6.54 Å². The van der Waals surface area contributed by atoms with Gasteiger partial charge in [-0.05, 0) is 17.7 Å². The van der Waals surface area contributed by atoms with Gasteiger partial charge in [-0.3, -0.25) is 0 Å². The average molecular weight is 244 g/mol.